The molecule has 170 valence electrons. The highest BCUT2D eigenvalue weighted by Gasteiger charge is 2.35. The van der Waals surface area contributed by atoms with Crippen molar-refractivity contribution in [1.82, 2.24) is 10.2 Å². The highest BCUT2D eigenvalue weighted by molar-refractivity contribution is 8.18. The van der Waals surface area contributed by atoms with E-state index in [0.29, 0.717) is 16.3 Å². The van der Waals surface area contributed by atoms with E-state index in [2.05, 4.69) is 5.32 Å². The highest BCUT2D eigenvalue weighted by atomic mass is 32.2. The van der Waals surface area contributed by atoms with Gasteiger partial charge in [0.05, 0.1) is 10.6 Å². The van der Waals surface area contributed by atoms with Crippen molar-refractivity contribution in [2.24, 2.45) is 0 Å². The molecule has 1 N–H and O–H groups in total. The van der Waals surface area contributed by atoms with Gasteiger partial charge in [-0.05, 0) is 42.5 Å². The van der Waals surface area contributed by atoms with Gasteiger partial charge in [-0.3, -0.25) is 24.1 Å². The normalized spacial score (nSPS) is 19.0. The lowest BCUT2D eigenvalue weighted by molar-refractivity contribution is -0.126. The Labute approximate surface area is 195 Å². The number of anilines is 1. The van der Waals surface area contributed by atoms with Gasteiger partial charge in [0.2, 0.25) is 5.91 Å². The lowest BCUT2D eigenvalue weighted by Gasteiger charge is -2.32. The summed E-state index contributed by atoms with van der Waals surface area (Å²) in [6, 6.07) is 16.5. The van der Waals surface area contributed by atoms with E-state index in [1.165, 1.54) is 0 Å². The van der Waals surface area contributed by atoms with Crippen molar-refractivity contribution >= 4 is 46.5 Å². The van der Waals surface area contributed by atoms with Crippen molar-refractivity contribution < 1.29 is 23.9 Å². The maximum atomic E-state index is 12.6. The van der Waals surface area contributed by atoms with Crippen LogP contribution in [0.15, 0.2) is 59.5 Å². The van der Waals surface area contributed by atoms with Crippen LogP contribution >= 0.6 is 11.8 Å². The molecule has 2 aliphatic heterocycles. The summed E-state index contributed by atoms with van der Waals surface area (Å²) in [5.74, 6) is -0.240. The molecule has 1 fully saturated rings. The molecule has 4 amide bonds. The molecule has 2 aromatic rings. The lowest BCUT2D eigenvalue weighted by atomic mass is 10.1. The minimum absolute atomic E-state index is 0.0822. The van der Waals surface area contributed by atoms with E-state index in [0.717, 1.165) is 22.2 Å². The first-order valence-corrected chi connectivity index (χ1v) is 11.4. The number of hydrogen-bond donors (Lipinski definition) is 1. The molecular formula is C24H23N3O5S. The van der Waals surface area contributed by atoms with Gasteiger partial charge < -0.3 is 15.0 Å². The van der Waals surface area contributed by atoms with E-state index >= 15 is 0 Å². The van der Waals surface area contributed by atoms with Gasteiger partial charge >= 0.3 is 0 Å². The summed E-state index contributed by atoms with van der Waals surface area (Å²) in [5.41, 5.74) is 1.47. The van der Waals surface area contributed by atoms with Crippen LogP contribution in [0, 0.1) is 0 Å². The SMILES string of the molecule is CC1Oc2ccccc2N(CCC(=O)NCCN2C(=O)S/C(=C\c3ccccc3)C2=O)C1=O. The van der Waals surface area contributed by atoms with Crippen molar-refractivity contribution in [3.05, 3.63) is 65.1 Å². The van der Waals surface area contributed by atoms with E-state index in [1.54, 1.807) is 36.1 Å². The average Bonchev–Trinajstić information content (AvgIpc) is 3.07. The van der Waals surface area contributed by atoms with Crippen molar-refractivity contribution in [2.45, 2.75) is 19.4 Å². The summed E-state index contributed by atoms with van der Waals surface area (Å²) in [6.07, 6.45) is 1.15. The number of ether oxygens (including phenoxy) is 1. The molecule has 0 spiro atoms. The molecule has 0 radical (unpaired) electrons. The minimum Gasteiger partial charge on any atom is -0.479 e. The fourth-order valence-corrected chi connectivity index (χ4v) is 4.46. The predicted molar refractivity (Wildman–Crippen MR) is 126 cm³/mol. The van der Waals surface area contributed by atoms with E-state index in [4.69, 9.17) is 4.74 Å². The number of carbonyl (C=O) groups excluding carboxylic acids is 4. The Kier molecular flexibility index (Phi) is 6.79. The second kappa shape index (κ2) is 9.91. The molecule has 2 aliphatic rings. The Morgan fingerprint density at radius 1 is 1.03 bits per heavy atom. The molecule has 0 saturated carbocycles. The predicted octanol–water partition coefficient (Wildman–Crippen LogP) is 3.04. The van der Waals surface area contributed by atoms with Crippen LogP contribution in [0.4, 0.5) is 10.5 Å². The second-order valence-corrected chi connectivity index (χ2v) is 8.55. The largest absolute Gasteiger partial charge is 0.479 e. The van der Waals surface area contributed by atoms with Gasteiger partial charge in [-0.25, -0.2) is 0 Å². The van der Waals surface area contributed by atoms with Gasteiger partial charge in [0.1, 0.15) is 5.75 Å². The number of nitrogens with zero attached hydrogens (tertiary/aromatic N) is 2. The molecule has 1 saturated heterocycles. The Morgan fingerprint density at radius 2 is 1.76 bits per heavy atom. The fraction of sp³-hybridized carbons (Fsp3) is 0.250. The van der Waals surface area contributed by atoms with Crippen LogP contribution in [-0.2, 0) is 14.4 Å². The van der Waals surface area contributed by atoms with Gasteiger partial charge in [-0.15, -0.1) is 0 Å². The summed E-state index contributed by atoms with van der Waals surface area (Å²) in [4.78, 5) is 52.7. The first-order chi connectivity index (χ1) is 15.9. The number of benzene rings is 2. The Balaban J connectivity index is 1.28. The second-order valence-electron chi connectivity index (χ2n) is 7.56. The third-order valence-electron chi connectivity index (χ3n) is 5.26. The van der Waals surface area contributed by atoms with Crippen LogP contribution < -0.4 is 15.0 Å². The molecule has 0 bridgehead atoms. The van der Waals surface area contributed by atoms with E-state index in [-0.39, 0.29) is 49.0 Å². The zero-order chi connectivity index (χ0) is 23.4. The molecular weight excluding hydrogens is 442 g/mol. The number of fused-ring (bicyclic) bond motifs is 1. The van der Waals surface area contributed by atoms with Crippen LogP contribution in [-0.4, -0.2) is 53.6 Å². The van der Waals surface area contributed by atoms with Gasteiger partial charge in [-0.2, -0.15) is 0 Å². The number of rotatable bonds is 7. The van der Waals surface area contributed by atoms with Crippen LogP contribution in [0.1, 0.15) is 18.9 Å². The smallest absolute Gasteiger partial charge is 0.293 e. The van der Waals surface area contributed by atoms with Gasteiger partial charge in [0.25, 0.3) is 17.1 Å². The monoisotopic (exact) mass is 465 g/mol. The number of para-hydroxylation sites is 2. The quantitative estimate of drug-likeness (QED) is 0.632. The zero-order valence-electron chi connectivity index (χ0n) is 18.0. The first-order valence-electron chi connectivity index (χ1n) is 10.6. The molecule has 1 unspecified atom stereocenters. The van der Waals surface area contributed by atoms with Crippen molar-refractivity contribution in [1.29, 1.82) is 0 Å². The average molecular weight is 466 g/mol. The third-order valence-corrected chi connectivity index (χ3v) is 6.17. The zero-order valence-corrected chi connectivity index (χ0v) is 18.8. The van der Waals surface area contributed by atoms with Crippen LogP contribution in [0.5, 0.6) is 5.75 Å². The summed E-state index contributed by atoms with van der Waals surface area (Å²) in [5, 5.41) is 2.36. The molecule has 9 heteroatoms. The lowest BCUT2D eigenvalue weighted by Crippen LogP contribution is -2.46. The number of thioether (sulfide) groups is 1. The number of hydrogen-bond acceptors (Lipinski definition) is 6. The van der Waals surface area contributed by atoms with E-state index in [9.17, 15) is 19.2 Å². The topological polar surface area (TPSA) is 96.0 Å². The van der Waals surface area contributed by atoms with Crippen molar-refractivity contribution in [3.8, 4) is 5.75 Å². The summed E-state index contributed by atoms with van der Waals surface area (Å²) < 4.78 is 5.60. The maximum absolute atomic E-state index is 12.6. The van der Waals surface area contributed by atoms with Crippen molar-refractivity contribution in [3.63, 3.8) is 0 Å². The van der Waals surface area contributed by atoms with E-state index in [1.807, 2.05) is 36.4 Å². The number of carbonyl (C=O) groups is 4. The standard InChI is InChI=1S/C24H23N3O5S/c1-16-22(29)26(18-9-5-6-10-19(18)32-16)13-11-21(28)25-12-14-27-23(30)20(33-24(27)31)15-17-7-3-2-4-8-17/h2-10,15-16H,11-14H2,1H3,(H,25,28)/b20-15-. The Bertz CT molecular complexity index is 1120. The third kappa shape index (κ3) is 5.09. The number of imide groups is 1. The highest BCUT2D eigenvalue weighted by Crippen LogP contribution is 2.34. The Hall–Kier alpha value is -3.59. The molecule has 2 heterocycles. The summed E-state index contributed by atoms with van der Waals surface area (Å²) in [6.45, 7) is 2.10. The molecule has 2 aromatic carbocycles. The van der Waals surface area contributed by atoms with Gasteiger partial charge in [-0.1, -0.05) is 42.5 Å². The first kappa shape index (κ1) is 22.6. The van der Waals surface area contributed by atoms with E-state index < -0.39 is 6.10 Å². The van der Waals surface area contributed by atoms with Crippen LogP contribution in [0.25, 0.3) is 6.08 Å². The summed E-state index contributed by atoms with van der Waals surface area (Å²) in [7, 11) is 0. The fourth-order valence-electron chi connectivity index (χ4n) is 3.59. The molecule has 33 heavy (non-hydrogen) atoms. The minimum atomic E-state index is -0.620. The number of amides is 4. The maximum Gasteiger partial charge on any atom is 0.293 e. The van der Waals surface area contributed by atoms with Gasteiger partial charge in [0.15, 0.2) is 6.10 Å². The van der Waals surface area contributed by atoms with Crippen LogP contribution in [0.2, 0.25) is 0 Å². The Morgan fingerprint density at radius 3 is 2.55 bits per heavy atom. The molecule has 4 rings (SSSR count). The number of nitrogens with one attached hydrogen (secondary N) is 1. The molecule has 0 aromatic heterocycles. The summed E-state index contributed by atoms with van der Waals surface area (Å²) >= 11 is 0.888. The molecule has 1 atom stereocenters. The van der Waals surface area contributed by atoms with Crippen molar-refractivity contribution in [2.75, 3.05) is 24.5 Å². The van der Waals surface area contributed by atoms with Crippen LogP contribution in [0.3, 0.4) is 0 Å². The molecule has 0 aliphatic carbocycles. The van der Waals surface area contributed by atoms with Gasteiger partial charge in [0, 0.05) is 26.1 Å². The molecule has 8 nitrogen and oxygen atoms in total.